The molecule has 1 aromatic heterocycles. The normalized spacial score (nSPS) is 12.0. The van der Waals surface area contributed by atoms with Crippen LogP contribution in [-0.4, -0.2) is 0 Å². The predicted octanol–water partition coefficient (Wildman–Crippen LogP) is 12.7. The molecular formula is C44H32O. The fourth-order valence-corrected chi connectivity index (χ4v) is 7.77. The number of fused-ring (bicyclic) bond motifs is 3. The molecule has 0 aliphatic carbocycles. The van der Waals surface area contributed by atoms with Crippen molar-refractivity contribution in [2.24, 2.45) is 0 Å². The Morgan fingerprint density at radius 1 is 0.378 bits per heavy atom. The molecule has 0 aliphatic heterocycles. The standard InChI is InChI=1S/C44H32O/c1-25-12-16-30(27(3)22-25)32-18-14-29-15-19-35-39(31-17-13-26(2)23-28(31)4)24-40(36-21-20-34(32)42(29)43(35)36)38-10-7-9-37-33-8-5-6-11-41(33)45-44(37)38/h5-24H,1-4H3. The fraction of sp³-hybridized carbons (Fsp3) is 0.0909. The summed E-state index contributed by atoms with van der Waals surface area (Å²) < 4.78 is 6.61. The van der Waals surface area contributed by atoms with Crippen molar-refractivity contribution in [2.45, 2.75) is 27.7 Å². The zero-order chi connectivity index (χ0) is 30.4. The summed E-state index contributed by atoms with van der Waals surface area (Å²) in [6, 6.07) is 44.9. The van der Waals surface area contributed by atoms with Crippen LogP contribution in [0.3, 0.4) is 0 Å². The van der Waals surface area contributed by atoms with E-state index in [1.807, 2.05) is 6.07 Å². The van der Waals surface area contributed by atoms with Crippen molar-refractivity contribution < 1.29 is 4.42 Å². The lowest BCUT2D eigenvalue weighted by atomic mass is 9.83. The molecule has 0 radical (unpaired) electrons. The summed E-state index contributed by atoms with van der Waals surface area (Å²) in [5.74, 6) is 0. The van der Waals surface area contributed by atoms with Crippen molar-refractivity contribution in [3.8, 4) is 33.4 Å². The van der Waals surface area contributed by atoms with Crippen molar-refractivity contribution in [3.05, 3.63) is 144 Å². The van der Waals surface area contributed by atoms with Gasteiger partial charge in [0, 0.05) is 16.3 Å². The van der Waals surface area contributed by atoms with Gasteiger partial charge >= 0.3 is 0 Å². The molecule has 8 aromatic carbocycles. The third kappa shape index (κ3) is 3.80. The van der Waals surface area contributed by atoms with Crippen LogP contribution in [0.25, 0.3) is 87.6 Å². The van der Waals surface area contributed by atoms with Crippen LogP contribution in [-0.2, 0) is 0 Å². The maximum absolute atomic E-state index is 6.61. The Labute approximate surface area is 262 Å². The highest BCUT2D eigenvalue weighted by molar-refractivity contribution is 6.30. The number of hydrogen-bond donors (Lipinski definition) is 0. The molecule has 9 rings (SSSR count). The lowest BCUT2D eigenvalue weighted by molar-refractivity contribution is 0.670. The van der Waals surface area contributed by atoms with Crippen LogP contribution in [0.15, 0.2) is 126 Å². The maximum Gasteiger partial charge on any atom is 0.143 e. The first kappa shape index (κ1) is 26.0. The summed E-state index contributed by atoms with van der Waals surface area (Å²) >= 11 is 0. The van der Waals surface area contributed by atoms with Crippen molar-refractivity contribution in [2.75, 3.05) is 0 Å². The molecule has 0 fully saturated rings. The summed E-state index contributed by atoms with van der Waals surface area (Å²) in [6.07, 6.45) is 0. The van der Waals surface area contributed by atoms with Crippen LogP contribution >= 0.6 is 0 Å². The molecule has 1 heterocycles. The van der Waals surface area contributed by atoms with Gasteiger partial charge in [-0.05, 0) is 111 Å². The van der Waals surface area contributed by atoms with Crippen LogP contribution in [0.4, 0.5) is 0 Å². The Hall–Kier alpha value is -5.40. The van der Waals surface area contributed by atoms with Gasteiger partial charge in [-0.15, -0.1) is 0 Å². The molecule has 9 aromatic rings. The van der Waals surface area contributed by atoms with Crippen LogP contribution in [0.2, 0.25) is 0 Å². The van der Waals surface area contributed by atoms with Crippen LogP contribution < -0.4 is 0 Å². The van der Waals surface area contributed by atoms with Crippen molar-refractivity contribution in [1.82, 2.24) is 0 Å². The number of benzene rings is 8. The Kier molecular flexibility index (Phi) is 5.53. The molecule has 0 bridgehead atoms. The minimum absolute atomic E-state index is 0.922. The second kappa shape index (κ2) is 9.55. The highest BCUT2D eigenvalue weighted by atomic mass is 16.3. The average molecular weight is 577 g/mol. The lowest BCUT2D eigenvalue weighted by Gasteiger charge is -2.20. The van der Waals surface area contributed by atoms with Gasteiger partial charge < -0.3 is 4.42 Å². The summed E-state index contributed by atoms with van der Waals surface area (Å²) in [6.45, 7) is 8.80. The van der Waals surface area contributed by atoms with E-state index >= 15 is 0 Å². The Bertz CT molecular complexity index is 2630. The number of aryl methyl sites for hydroxylation is 4. The first-order valence-corrected chi connectivity index (χ1v) is 15.8. The molecule has 0 amide bonds. The predicted molar refractivity (Wildman–Crippen MR) is 193 cm³/mol. The third-order valence-corrected chi connectivity index (χ3v) is 9.82. The van der Waals surface area contributed by atoms with E-state index in [0.717, 1.165) is 27.5 Å². The summed E-state index contributed by atoms with van der Waals surface area (Å²) in [5.41, 5.74) is 14.5. The largest absolute Gasteiger partial charge is 0.455 e. The smallest absolute Gasteiger partial charge is 0.143 e. The van der Waals surface area contributed by atoms with E-state index in [0.29, 0.717) is 0 Å². The Morgan fingerprint density at radius 3 is 1.69 bits per heavy atom. The van der Waals surface area contributed by atoms with E-state index in [4.69, 9.17) is 4.42 Å². The molecule has 0 aliphatic rings. The van der Waals surface area contributed by atoms with Crippen molar-refractivity contribution >= 4 is 54.3 Å². The molecule has 0 atom stereocenters. The van der Waals surface area contributed by atoms with Gasteiger partial charge in [-0.25, -0.2) is 0 Å². The third-order valence-electron chi connectivity index (χ3n) is 9.82. The second-order valence-corrected chi connectivity index (χ2v) is 12.7. The topological polar surface area (TPSA) is 13.1 Å². The van der Waals surface area contributed by atoms with E-state index in [2.05, 4.69) is 143 Å². The minimum Gasteiger partial charge on any atom is -0.455 e. The Morgan fingerprint density at radius 2 is 0.956 bits per heavy atom. The first-order chi connectivity index (χ1) is 22.0. The van der Waals surface area contributed by atoms with E-state index in [-0.39, 0.29) is 0 Å². The molecule has 1 nitrogen and oxygen atoms in total. The van der Waals surface area contributed by atoms with Gasteiger partial charge in [-0.1, -0.05) is 120 Å². The van der Waals surface area contributed by atoms with Gasteiger partial charge in [0.05, 0.1) is 0 Å². The molecular weight excluding hydrogens is 544 g/mol. The second-order valence-electron chi connectivity index (χ2n) is 12.7. The highest BCUT2D eigenvalue weighted by Crippen LogP contribution is 2.48. The number of hydrogen-bond acceptors (Lipinski definition) is 1. The van der Waals surface area contributed by atoms with Crippen LogP contribution in [0, 0.1) is 27.7 Å². The van der Waals surface area contributed by atoms with Gasteiger partial charge in [0.15, 0.2) is 0 Å². The SMILES string of the molecule is Cc1ccc(-c2ccc3ccc4c(-c5ccc(C)cc5C)cc(-c5cccc6c5oc5ccccc56)c5ccc2c3c45)c(C)c1. The van der Waals surface area contributed by atoms with E-state index in [1.54, 1.807) is 0 Å². The molecule has 0 saturated heterocycles. The van der Waals surface area contributed by atoms with Crippen LogP contribution in [0.1, 0.15) is 22.3 Å². The quantitative estimate of drug-likeness (QED) is 0.191. The Balaban J connectivity index is 1.45. The highest BCUT2D eigenvalue weighted by Gasteiger charge is 2.21. The van der Waals surface area contributed by atoms with E-state index < -0.39 is 0 Å². The molecule has 214 valence electrons. The number of para-hydroxylation sites is 2. The minimum atomic E-state index is 0.922. The van der Waals surface area contributed by atoms with E-state index in [9.17, 15) is 0 Å². The number of rotatable bonds is 3. The summed E-state index contributed by atoms with van der Waals surface area (Å²) in [4.78, 5) is 0. The molecule has 0 spiro atoms. The van der Waals surface area contributed by atoms with Gasteiger partial charge in [-0.3, -0.25) is 0 Å². The van der Waals surface area contributed by atoms with Gasteiger partial charge in [0.2, 0.25) is 0 Å². The molecule has 0 N–H and O–H groups in total. The van der Waals surface area contributed by atoms with Gasteiger partial charge in [0.1, 0.15) is 11.2 Å². The van der Waals surface area contributed by atoms with Gasteiger partial charge in [-0.2, -0.15) is 0 Å². The lowest BCUT2D eigenvalue weighted by Crippen LogP contribution is -1.94. The monoisotopic (exact) mass is 576 g/mol. The fourth-order valence-electron chi connectivity index (χ4n) is 7.77. The van der Waals surface area contributed by atoms with Gasteiger partial charge in [0.25, 0.3) is 0 Å². The zero-order valence-electron chi connectivity index (χ0n) is 26.0. The van der Waals surface area contributed by atoms with Crippen LogP contribution in [0.5, 0.6) is 0 Å². The molecule has 45 heavy (non-hydrogen) atoms. The average Bonchev–Trinajstić information content (AvgIpc) is 3.43. The van der Waals surface area contributed by atoms with Crippen molar-refractivity contribution in [3.63, 3.8) is 0 Å². The van der Waals surface area contributed by atoms with Crippen molar-refractivity contribution in [1.29, 1.82) is 0 Å². The maximum atomic E-state index is 6.61. The molecule has 1 heteroatoms. The summed E-state index contributed by atoms with van der Waals surface area (Å²) in [7, 11) is 0. The molecule has 0 saturated carbocycles. The zero-order valence-corrected chi connectivity index (χ0v) is 26.0. The summed E-state index contributed by atoms with van der Waals surface area (Å²) in [5, 5.41) is 10.0. The number of furan rings is 1. The molecule has 0 unspecified atom stereocenters. The van der Waals surface area contributed by atoms with E-state index in [1.165, 1.54) is 82.4 Å². The first-order valence-electron chi connectivity index (χ1n) is 15.8.